The summed E-state index contributed by atoms with van der Waals surface area (Å²) in [6.07, 6.45) is 4.51. The Balaban J connectivity index is 1.63. The lowest BCUT2D eigenvalue weighted by Gasteiger charge is -2.18. The average molecular weight is 303 g/mol. The number of amidine groups is 1. The summed E-state index contributed by atoms with van der Waals surface area (Å²) in [6, 6.07) is 18.9. The van der Waals surface area contributed by atoms with Crippen LogP contribution in [0.4, 0.5) is 5.69 Å². The van der Waals surface area contributed by atoms with E-state index in [4.69, 9.17) is 4.99 Å². The summed E-state index contributed by atoms with van der Waals surface area (Å²) in [4.78, 5) is 7.28. The van der Waals surface area contributed by atoms with Gasteiger partial charge in [-0.25, -0.2) is 4.99 Å². The Morgan fingerprint density at radius 3 is 2.65 bits per heavy atom. The predicted octanol–water partition coefficient (Wildman–Crippen LogP) is 4.50. The van der Waals surface area contributed by atoms with Crippen molar-refractivity contribution in [3.05, 3.63) is 66.4 Å². The van der Waals surface area contributed by atoms with E-state index in [1.807, 2.05) is 18.2 Å². The molecule has 3 heteroatoms. The molecule has 1 saturated heterocycles. The summed E-state index contributed by atoms with van der Waals surface area (Å²) in [7, 11) is 2.12. The Kier molecular flexibility index (Phi) is 3.62. The molecule has 2 heterocycles. The van der Waals surface area contributed by atoms with Crippen LogP contribution in [0.1, 0.15) is 18.4 Å². The van der Waals surface area contributed by atoms with Crippen LogP contribution in [0.5, 0.6) is 0 Å². The Bertz CT molecular complexity index is 846. The van der Waals surface area contributed by atoms with E-state index in [-0.39, 0.29) is 0 Å². The molecule has 0 unspecified atom stereocenters. The molecule has 1 aliphatic heterocycles. The molecule has 116 valence electrons. The lowest BCUT2D eigenvalue weighted by atomic mass is 10.1. The fourth-order valence-corrected chi connectivity index (χ4v) is 3.42. The lowest BCUT2D eigenvalue weighted by Crippen LogP contribution is -2.24. The molecule has 0 aliphatic carbocycles. The van der Waals surface area contributed by atoms with Gasteiger partial charge < -0.3 is 9.47 Å². The van der Waals surface area contributed by atoms with Gasteiger partial charge >= 0.3 is 0 Å². The van der Waals surface area contributed by atoms with E-state index in [9.17, 15) is 0 Å². The first-order valence-corrected chi connectivity index (χ1v) is 8.22. The van der Waals surface area contributed by atoms with E-state index in [1.165, 1.54) is 28.7 Å². The zero-order valence-corrected chi connectivity index (χ0v) is 13.4. The van der Waals surface area contributed by atoms with Crippen molar-refractivity contribution in [3.63, 3.8) is 0 Å². The number of aromatic nitrogens is 1. The molecule has 0 amide bonds. The number of likely N-dealkylation sites (tertiary alicyclic amines) is 1. The van der Waals surface area contributed by atoms with Gasteiger partial charge in [-0.1, -0.05) is 36.4 Å². The maximum atomic E-state index is 4.86. The lowest BCUT2D eigenvalue weighted by molar-refractivity contribution is 0.449. The smallest absolute Gasteiger partial charge is 0.105 e. The van der Waals surface area contributed by atoms with Gasteiger partial charge in [-0.3, -0.25) is 0 Å². The molecule has 0 atom stereocenters. The minimum atomic E-state index is 0.938. The van der Waals surface area contributed by atoms with Gasteiger partial charge in [-0.2, -0.15) is 0 Å². The van der Waals surface area contributed by atoms with E-state index >= 15 is 0 Å². The summed E-state index contributed by atoms with van der Waals surface area (Å²) in [5.41, 5.74) is 3.72. The standard InChI is InChI=1S/C20H21N3/c1-22-14-16(18-10-5-6-11-19(18)22)15-23-13-7-12-20(23)21-17-8-3-2-4-9-17/h2-6,8-11,14H,7,12-13,15H2,1H3/b21-20-. The van der Waals surface area contributed by atoms with Crippen molar-refractivity contribution in [2.24, 2.45) is 12.0 Å². The second kappa shape index (κ2) is 5.92. The summed E-state index contributed by atoms with van der Waals surface area (Å²) in [6.45, 7) is 2.03. The molecule has 3 aromatic rings. The molecule has 0 N–H and O–H groups in total. The minimum Gasteiger partial charge on any atom is -0.356 e. The highest BCUT2D eigenvalue weighted by atomic mass is 15.2. The second-order valence-corrected chi connectivity index (χ2v) is 6.17. The van der Waals surface area contributed by atoms with Crippen molar-refractivity contribution in [1.82, 2.24) is 9.47 Å². The maximum Gasteiger partial charge on any atom is 0.105 e. The zero-order chi connectivity index (χ0) is 15.6. The van der Waals surface area contributed by atoms with Gasteiger partial charge in [0.1, 0.15) is 5.84 Å². The third-order valence-electron chi connectivity index (χ3n) is 4.55. The third kappa shape index (κ3) is 2.74. The first-order valence-electron chi connectivity index (χ1n) is 8.22. The van der Waals surface area contributed by atoms with Crippen LogP contribution in [0.2, 0.25) is 0 Å². The van der Waals surface area contributed by atoms with E-state index in [0.29, 0.717) is 0 Å². The molecule has 0 bridgehead atoms. The van der Waals surface area contributed by atoms with Crippen molar-refractivity contribution in [3.8, 4) is 0 Å². The monoisotopic (exact) mass is 303 g/mol. The van der Waals surface area contributed by atoms with Gasteiger partial charge in [0.2, 0.25) is 0 Å². The van der Waals surface area contributed by atoms with Crippen LogP contribution in [0.3, 0.4) is 0 Å². The second-order valence-electron chi connectivity index (χ2n) is 6.17. The van der Waals surface area contributed by atoms with Gasteiger partial charge in [0, 0.05) is 43.7 Å². The van der Waals surface area contributed by atoms with Gasteiger partial charge in [-0.05, 0) is 30.2 Å². The molecule has 0 radical (unpaired) electrons. The van der Waals surface area contributed by atoms with Crippen LogP contribution >= 0.6 is 0 Å². The highest BCUT2D eigenvalue weighted by Gasteiger charge is 2.20. The minimum absolute atomic E-state index is 0.938. The maximum absolute atomic E-state index is 4.86. The largest absolute Gasteiger partial charge is 0.356 e. The molecule has 1 fully saturated rings. The molecule has 23 heavy (non-hydrogen) atoms. The van der Waals surface area contributed by atoms with E-state index in [0.717, 1.165) is 25.2 Å². The fourth-order valence-electron chi connectivity index (χ4n) is 3.42. The van der Waals surface area contributed by atoms with Crippen molar-refractivity contribution in [1.29, 1.82) is 0 Å². The molecule has 2 aromatic carbocycles. The fraction of sp³-hybridized carbons (Fsp3) is 0.250. The Morgan fingerprint density at radius 1 is 1.00 bits per heavy atom. The zero-order valence-electron chi connectivity index (χ0n) is 13.4. The molecular formula is C20H21N3. The number of benzene rings is 2. The van der Waals surface area contributed by atoms with Crippen LogP contribution in [-0.4, -0.2) is 21.8 Å². The number of aliphatic imine (C=N–C) groups is 1. The summed E-state index contributed by atoms with van der Waals surface area (Å²) in [5, 5.41) is 1.35. The van der Waals surface area contributed by atoms with Gasteiger partial charge in [0.25, 0.3) is 0 Å². The summed E-state index contributed by atoms with van der Waals surface area (Å²) < 4.78 is 2.22. The van der Waals surface area contributed by atoms with Crippen molar-refractivity contribution in [2.45, 2.75) is 19.4 Å². The number of hydrogen-bond acceptors (Lipinski definition) is 1. The highest BCUT2D eigenvalue weighted by Crippen LogP contribution is 2.25. The first-order chi connectivity index (χ1) is 11.3. The molecule has 0 saturated carbocycles. The first kappa shape index (κ1) is 14.1. The molecule has 1 aromatic heterocycles. The predicted molar refractivity (Wildman–Crippen MR) is 96.1 cm³/mol. The van der Waals surface area contributed by atoms with Crippen LogP contribution in [-0.2, 0) is 13.6 Å². The normalized spacial score (nSPS) is 16.6. The number of rotatable bonds is 3. The number of para-hydroxylation sites is 2. The molecule has 4 rings (SSSR count). The quantitative estimate of drug-likeness (QED) is 0.697. The molecule has 1 aliphatic rings. The average Bonchev–Trinajstić information content (AvgIpc) is 3.14. The Hall–Kier alpha value is -2.55. The third-order valence-corrected chi connectivity index (χ3v) is 4.55. The van der Waals surface area contributed by atoms with Crippen molar-refractivity contribution < 1.29 is 0 Å². The van der Waals surface area contributed by atoms with E-state index < -0.39 is 0 Å². The summed E-state index contributed by atoms with van der Waals surface area (Å²) in [5.74, 6) is 1.21. The number of hydrogen-bond donors (Lipinski definition) is 0. The van der Waals surface area contributed by atoms with E-state index in [2.05, 4.69) is 59.1 Å². The number of aryl methyl sites for hydroxylation is 1. The van der Waals surface area contributed by atoms with Gasteiger partial charge in [-0.15, -0.1) is 0 Å². The van der Waals surface area contributed by atoms with Crippen LogP contribution in [0.15, 0.2) is 65.8 Å². The molecule has 0 spiro atoms. The van der Waals surface area contributed by atoms with E-state index in [1.54, 1.807) is 0 Å². The van der Waals surface area contributed by atoms with Crippen LogP contribution in [0.25, 0.3) is 10.9 Å². The van der Waals surface area contributed by atoms with Gasteiger partial charge in [0.05, 0.1) is 5.69 Å². The number of nitrogens with zero attached hydrogens (tertiary/aromatic N) is 3. The topological polar surface area (TPSA) is 20.5 Å². The molecule has 3 nitrogen and oxygen atoms in total. The highest BCUT2D eigenvalue weighted by molar-refractivity contribution is 5.88. The van der Waals surface area contributed by atoms with Crippen molar-refractivity contribution >= 4 is 22.4 Å². The number of fused-ring (bicyclic) bond motifs is 1. The van der Waals surface area contributed by atoms with Crippen LogP contribution < -0.4 is 0 Å². The van der Waals surface area contributed by atoms with Crippen LogP contribution in [0, 0.1) is 0 Å². The molecular weight excluding hydrogens is 282 g/mol. The van der Waals surface area contributed by atoms with Crippen molar-refractivity contribution in [2.75, 3.05) is 6.54 Å². The van der Waals surface area contributed by atoms with Gasteiger partial charge in [0.15, 0.2) is 0 Å². The summed E-state index contributed by atoms with van der Waals surface area (Å²) >= 11 is 0. The Labute approximate surface area is 136 Å². The SMILES string of the molecule is Cn1cc(CN2CCC/C2=N/c2ccccc2)c2ccccc21. The Morgan fingerprint density at radius 2 is 1.78 bits per heavy atom.